The number of nitrogens with one attached hydrogen (secondary N) is 1. The van der Waals surface area contributed by atoms with Gasteiger partial charge in [0.25, 0.3) is 0 Å². The van der Waals surface area contributed by atoms with Crippen LogP contribution in [0.1, 0.15) is 5.56 Å². The van der Waals surface area contributed by atoms with Gasteiger partial charge in [-0.25, -0.2) is 0 Å². The third-order valence-electron chi connectivity index (χ3n) is 3.79. The van der Waals surface area contributed by atoms with Gasteiger partial charge in [0.1, 0.15) is 30.1 Å². The summed E-state index contributed by atoms with van der Waals surface area (Å²) in [6, 6.07) is 10.0. The number of rotatable bonds is 5. The van der Waals surface area contributed by atoms with Gasteiger partial charge in [-0.2, -0.15) is 0 Å². The van der Waals surface area contributed by atoms with Crippen molar-refractivity contribution < 1.29 is 23.9 Å². The molecule has 0 amide bonds. The summed E-state index contributed by atoms with van der Waals surface area (Å²) < 4.78 is 16.4. The van der Waals surface area contributed by atoms with E-state index in [0.29, 0.717) is 34.6 Å². The molecule has 1 heterocycles. The Labute approximate surface area is 144 Å². The first kappa shape index (κ1) is 16.9. The summed E-state index contributed by atoms with van der Waals surface area (Å²) in [5.74, 6) is 1.29. The molecule has 0 aliphatic carbocycles. The van der Waals surface area contributed by atoms with Crippen molar-refractivity contribution in [1.82, 2.24) is 0 Å². The molecule has 3 aromatic rings. The number of phenolic OH excluding ortho intramolecular Hbond substituents is 1. The van der Waals surface area contributed by atoms with E-state index in [4.69, 9.17) is 13.9 Å². The van der Waals surface area contributed by atoms with Crippen LogP contribution < -0.4 is 19.8 Å². The molecule has 3 rings (SSSR count). The van der Waals surface area contributed by atoms with Crippen molar-refractivity contribution in [2.24, 2.45) is 0 Å². The van der Waals surface area contributed by atoms with Crippen molar-refractivity contribution in [3.8, 4) is 23.0 Å². The second-order valence-corrected chi connectivity index (χ2v) is 6.03. The molecule has 0 fully saturated rings. The average Bonchev–Trinajstić information content (AvgIpc) is 2.59. The summed E-state index contributed by atoms with van der Waals surface area (Å²) in [6.45, 7) is 0.530. The van der Waals surface area contributed by atoms with Crippen LogP contribution in [0, 0.1) is 0 Å². The number of phenols is 1. The van der Waals surface area contributed by atoms with Gasteiger partial charge in [0.15, 0.2) is 5.58 Å². The third kappa shape index (κ3) is 3.44. The summed E-state index contributed by atoms with van der Waals surface area (Å²) >= 11 is 0. The van der Waals surface area contributed by atoms with Gasteiger partial charge in [0, 0.05) is 6.07 Å². The van der Waals surface area contributed by atoms with Gasteiger partial charge in [-0.05, 0) is 24.3 Å². The molecule has 0 bridgehead atoms. The summed E-state index contributed by atoms with van der Waals surface area (Å²) in [7, 11) is 5.47. The second-order valence-electron chi connectivity index (χ2n) is 6.03. The maximum Gasteiger partial charge on any atom is 0.235 e. The fourth-order valence-electron chi connectivity index (χ4n) is 2.62. The van der Waals surface area contributed by atoms with Gasteiger partial charge in [-0.1, -0.05) is 6.07 Å². The zero-order valence-electron chi connectivity index (χ0n) is 14.3. The predicted octanol–water partition coefficient (Wildman–Crippen LogP) is 1.94. The van der Waals surface area contributed by atoms with Gasteiger partial charge in [-0.3, -0.25) is 4.79 Å². The molecule has 25 heavy (non-hydrogen) atoms. The quantitative estimate of drug-likeness (QED) is 0.741. The highest BCUT2D eigenvalue weighted by molar-refractivity contribution is 5.82. The maximum absolute atomic E-state index is 12.7. The van der Waals surface area contributed by atoms with Crippen LogP contribution in [-0.4, -0.2) is 26.3 Å². The Balaban J connectivity index is 2.05. The molecule has 0 saturated heterocycles. The van der Waals surface area contributed by atoms with Crippen molar-refractivity contribution in [3.05, 3.63) is 58.4 Å². The fourth-order valence-corrected chi connectivity index (χ4v) is 2.62. The summed E-state index contributed by atoms with van der Waals surface area (Å²) in [6.07, 6.45) is 1.28. The van der Waals surface area contributed by atoms with Crippen molar-refractivity contribution in [2.75, 3.05) is 21.2 Å². The molecular formula is C19H20NO5+. The van der Waals surface area contributed by atoms with E-state index in [-0.39, 0.29) is 16.9 Å². The van der Waals surface area contributed by atoms with Crippen molar-refractivity contribution in [1.29, 1.82) is 0 Å². The SMILES string of the molecule is COc1cccc(Oc2coc3c(C[NH+](C)C)c(O)ccc3c2=O)c1. The highest BCUT2D eigenvalue weighted by atomic mass is 16.5. The first-order chi connectivity index (χ1) is 12.0. The van der Waals surface area contributed by atoms with E-state index >= 15 is 0 Å². The molecule has 6 heteroatoms. The average molecular weight is 342 g/mol. The number of hydrogen-bond donors (Lipinski definition) is 2. The highest BCUT2D eigenvalue weighted by Gasteiger charge is 2.17. The minimum absolute atomic E-state index is 0.0783. The van der Waals surface area contributed by atoms with E-state index in [9.17, 15) is 9.90 Å². The van der Waals surface area contributed by atoms with Crippen LogP contribution in [0.3, 0.4) is 0 Å². The van der Waals surface area contributed by atoms with Gasteiger partial charge in [0.2, 0.25) is 11.2 Å². The van der Waals surface area contributed by atoms with E-state index in [1.165, 1.54) is 12.3 Å². The summed E-state index contributed by atoms with van der Waals surface area (Å²) in [5, 5.41) is 10.5. The smallest absolute Gasteiger partial charge is 0.235 e. The number of aromatic hydroxyl groups is 1. The molecule has 0 radical (unpaired) electrons. The minimum Gasteiger partial charge on any atom is -0.507 e. The van der Waals surface area contributed by atoms with Crippen LogP contribution in [0.2, 0.25) is 0 Å². The number of ether oxygens (including phenoxy) is 2. The molecule has 0 unspecified atom stereocenters. The van der Waals surface area contributed by atoms with E-state index in [1.807, 2.05) is 14.1 Å². The highest BCUT2D eigenvalue weighted by Crippen LogP contribution is 2.28. The Bertz CT molecular complexity index is 962. The van der Waals surface area contributed by atoms with E-state index in [1.54, 1.807) is 37.4 Å². The van der Waals surface area contributed by atoms with E-state index < -0.39 is 0 Å². The lowest BCUT2D eigenvalue weighted by Crippen LogP contribution is -3.04. The summed E-state index contributed by atoms with van der Waals surface area (Å²) in [5.41, 5.74) is 0.686. The fraction of sp³-hybridized carbons (Fsp3) is 0.211. The minimum atomic E-state index is -0.293. The largest absolute Gasteiger partial charge is 0.507 e. The second kappa shape index (κ2) is 6.86. The number of quaternary nitrogens is 1. The van der Waals surface area contributed by atoms with Gasteiger partial charge in [-0.15, -0.1) is 0 Å². The van der Waals surface area contributed by atoms with Gasteiger partial charge < -0.3 is 23.9 Å². The summed E-state index contributed by atoms with van der Waals surface area (Å²) in [4.78, 5) is 13.8. The lowest BCUT2D eigenvalue weighted by molar-refractivity contribution is -0.872. The first-order valence-electron chi connectivity index (χ1n) is 7.87. The van der Waals surface area contributed by atoms with Crippen molar-refractivity contribution >= 4 is 11.0 Å². The topological polar surface area (TPSA) is 73.3 Å². The number of methoxy groups -OCH3 is 1. The van der Waals surface area contributed by atoms with E-state index in [2.05, 4.69) is 0 Å². The normalized spacial score (nSPS) is 11.0. The van der Waals surface area contributed by atoms with Crippen molar-refractivity contribution in [2.45, 2.75) is 6.54 Å². The first-order valence-corrected chi connectivity index (χ1v) is 7.87. The zero-order valence-corrected chi connectivity index (χ0v) is 14.3. The predicted molar refractivity (Wildman–Crippen MR) is 93.7 cm³/mol. The Morgan fingerprint density at radius 1 is 1.16 bits per heavy atom. The molecule has 130 valence electrons. The molecular weight excluding hydrogens is 322 g/mol. The zero-order chi connectivity index (χ0) is 18.0. The molecule has 0 atom stereocenters. The van der Waals surface area contributed by atoms with Crippen LogP contribution in [0.15, 0.2) is 51.9 Å². The number of benzene rings is 2. The standard InChI is InChI=1S/C19H19NO5/c1-20(2)10-15-16(21)8-7-14-18(22)17(11-24-19(14)15)25-13-6-4-5-12(9-13)23-3/h4-9,11,21H,10H2,1-3H3/p+1. The molecule has 2 N–H and O–H groups in total. The molecule has 0 spiro atoms. The Morgan fingerprint density at radius 2 is 1.92 bits per heavy atom. The monoisotopic (exact) mass is 342 g/mol. The lowest BCUT2D eigenvalue weighted by Gasteiger charge is -2.12. The Morgan fingerprint density at radius 3 is 2.64 bits per heavy atom. The maximum atomic E-state index is 12.7. The molecule has 0 aliphatic heterocycles. The van der Waals surface area contributed by atoms with Crippen LogP contribution in [0.4, 0.5) is 0 Å². The Kier molecular flexibility index (Phi) is 4.63. The van der Waals surface area contributed by atoms with Crippen molar-refractivity contribution in [3.63, 3.8) is 0 Å². The van der Waals surface area contributed by atoms with Crippen LogP contribution in [0.5, 0.6) is 23.0 Å². The van der Waals surface area contributed by atoms with Crippen LogP contribution >= 0.6 is 0 Å². The molecule has 0 aliphatic rings. The molecule has 1 aromatic heterocycles. The molecule has 6 nitrogen and oxygen atoms in total. The Hall–Kier alpha value is -2.99. The van der Waals surface area contributed by atoms with E-state index in [0.717, 1.165) is 4.90 Å². The number of hydrogen-bond acceptors (Lipinski definition) is 5. The molecule has 2 aromatic carbocycles. The number of fused-ring (bicyclic) bond motifs is 1. The molecule has 0 saturated carbocycles. The lowest BCUT2D eigenvalue weighted by atomic mass is 10.1. The van der Waals surface area contributed by atoms with Gasteiger partial charge in [0.05, 0.1) is 32.2 Å². The van der Waals surface area contributed by atoms with Crippen LogP contribution in [-0.2, 0) is 6.54 Å². The van der Waals surface area contributed by atoms with Crippen LogP contribution in [0.25, 0.3) is 11.0 Å². The van der Waals surface area contributed by atoms with Gasteiger partial charge >= 0.3 is 0 Å². The third-order valence-corrected chi connectivity index (χ3v) is 3.79.